The lowest BCUT2D eigenvalue weighted by Crippen LogP contribution is -2.20. The third-order valence-corrected chi connectivity index (χ3v) is 2.94. The van der Waals surface area contributed by atoms with Crippen LogP contribution in [0, 0.1) is 5.92 Å². The molecule has 0 amide bonds. The summed E-state index contributed by atoms with van der Waals surface area (Å²) in [6, 6.07) is 0.717. The minimum atomic E-state index is 0.510. The molecule has 2 heteroatoms. The van der Waals surface area contributed by atoms with Gasteiger partial charge in [0.05, 0.1) is 6.10 Å². The quantitative estimate of drug-likeness (QED) is 0.689. The fourth-order valence-corrected chi connectivity index (χ4v) is 1.78. The molecule has 2 nitrogen and oxygen atoms in total. The van der Waals surface area contributed by atoms with E-state index in [2.05, 4.69) is 12.2 Å². The van der Waals surface area contributed by atoms with E-state index in [-0.39, 0.29) is 0 Å². The number of ether oxygens (including phenoxy) is 1. The van der Waals surface area contributed by atoms with Crippen LogP contribution in [-0.2, 0) is 4.74 Å². The van der Waals surface area contributed by atoms with Crippen LogP contribution in [0.5, 0.6) is 0 Å². The molecule has 2 atom stereocenters. The van der Waals surface area contributed by atoms with Crippen molar-refractivity contribution < 1.29 is 4.74 Å². The maximum Gasteiger partial charge on any atom is 0.0714 e. The number of hydrogen-bond acceptors (Lipinski definition) is 2. The van der Waals surface area contributed by atoms with E-state index in [1.54, 1.807) is 0 Å². The lowest BCUT2D eigenvalue weighted by Gasteiger charge is -2.09. The molecule has 1 N–H and O–H groups in total. The Kier molecular flexibility index (Phi) is 2.66. The zero-order valence-electron chi connectivity index (χ0n) is 7.88. The molecule has 1 aliphatic carbocycles. The third-order valence-electron chi connectivity index (χ3n) is 2.94. The first-order valence-corrected chi connectivity index (χ1v) is 5.23. The number of hydrogen-bond donors (Lipinski definition) is 1. The van der Waals surface area contributed by atoms with Crippen LogP contribution in [0.4, 0.5) is 0 Å². The molecule has 2 rings (SSSR count). The van der Waals surface area contributed by atoms with E-state index in [9.17, 15) is 0 Å². The predicted octanol–water partition coefficient (Wildman–Crippen LogP) is 1.55. The van der Waals surface area contributed by atoms with E-state index in [0.717, 1.165) is 19.1 Å². The van der Waals surface area contributed by atoms with Gasteiger partial charge < -0.3 is 10.1 Å². The molecule has 2 aliphatic rings. The van der Waals surface area contributed by atoms with Crippen LogP contribution in [0.25, 0.3) is 0 Å². The zero-order chi connectivity index (χ0) is 8.39. The summed E-state index contributed by atoms with van der Waals surface area (Å²) in [7, 11) is 0. The van der Waals surface area contributed by atoms with Crippen LogP contribution in [0.2, 0.25) is 0 Å². The minimum absolute atomic E-state index is 0.510. The summed E-state index contributed by atoms with van der Waals surface area (Å²) >= 11 is 0. The minimum Gasteiger partial charge on any atom is -0.377 e. The van der Waals surface area contributed by atoms with Crippen molar-refractivity contribution in [3.8, 4) is 0 Å². The first-order chi connectivity index (χ1) is 5.88. The Morgan fingerprint density at radius 3 is 2.83 bits per heavy atom. The predicted molar refractivity (Wildman–Crippen MR) is 49.2 cm³/mol. The Labute approximate surface area is 74.7 Å². The third kappa shape index (κ3) is 2.20. The molecular formula is C10H19NO. The fourth-order valence-electron chi connectivity index (χ4n) is 1.78. The maximum absolute atomic E-state index is 5.80. The Bertz CT molecular complexity index is 145. The molecule has 12 heavy (non-hydrogen) atoms. The van der Waals surface area contributed by atoms with Gasteiger partial charge in [-0.15, -0.1) is 0 Å². The van der Waals surface area contributed by atoms with Crippen molar-refractivity contribution in [3.63, 3.8) is 0 Å². The van der Waals surface area contributed by atoms with Crippen LogP contribution in [0.3, 0.4) is 0 Å². The van der Waals surface area contributed by atoms with Crippen molar-refractivity contribution in [3.05, 3.63) is 0 Å². The first-order valence-electron chi connectivity index (χ1n) is 5.23. The molecule has 0 radical (unpaired) electrons. The Morgan fingerprint density at radius 1 is 1.42 bits per heavy atom. The van der Waals surface area contributed by atoms with Crippen molar-refractivity contribution in [1.82, 2.24) is 5.32 Å². The van der Waals surface area contributed by atoms with Gasteiger partial charge in [-0.3, -0.25) is 0 Å². The Balaban J connectivity index is 1.61. The lowest BCUT2D eigenvalue weighted by atomic mass is 10.1. The first kappa shape index (κ1) is 8.52. The SMILES string of the molecule is CC[C@H]1C[C@H](OCC2CC2)CN1. The Morgan fingerprint density at radius 2 is 2.25 bits per heavy atom. The monoisotopic (exact) mass is 169 g/mol. The molecule has 1 saturated carbocycles. The molecule has 2 fully saturated rings. The summed E-state index contributed by atoms with van der Waals surface area (Å²) in [6.07, 6.45) is 5.77. The second-order valence-corrected chi connectivity index (χ2v) is 4.15. The molecule has 0 spiro atoms. The van der Waals surface area contributed by atoms with Gasteiger partial charge >= 0.3 is 0 Å². The van der Waals surface area contributed by atoms with E-state index in [0.29, 0.717) is 12.1 Å². The molecule has 1 heterocycles. The summed E-state index contributed by atoms with van der Waals surface area (Å²) in [5, 5.41) is 3.48. The molecule has 70 valence electrons. The van der Waals surface area contributed by atoms with Crippen LogP contribution >= 0.6 is 0 Å². The van der Waals surface area contributed by atoms with Crippen molar-refractivity contribution in [2.45, 2.75) is 44.8 Å². The Hall–Kier alpha value is -0.0800. The summed E-state index contributed by atoms with van der Waals surface area (Å²) in [4.78, 5) is 0. The molecule has 0 aromatic rings. The number of rotatable bonds is 4. The molecule has 0 aromatic heterocycles. The van der Waals surface area contributed by atoms with Crippen molar-refractivity contribution >= 4 is 0 Å². The van der Waals surface area contributed by atoms with E-state index < -0.39 is 0 Å². The lowest BCUT2D eigenvalue weighted by molar-refractivity contribution is 0.0577. The standard InChI is InChI=1S/C10H19NO/c1-2-9-5-10(6-11-9)12-7-8-3-4-8/h8-11H,2-7H2,1H3/t9-,10-/m0/s1. The molecule has 1 saturated heterocycles. The van der Waals surface area contributed by atoms with Crippen LogP contribution < -0.4 is 5.32 Å². The highest BCUT2D eigenvalue weighted by atomic mass is 16.5. The smallest absolute Gasteiger partial charge is 0.0714 e. The average Bonchev–Trinajstić information content (AvgIpc) is 2.81. The van der Waals surface area contributed by atoms with Gasteiger partial charge in [0.15, 0.2) is 0 Å². The van der Waals surface area contributed by atoms with Gasteiger partial charge in [-0.25, -0.2) is 0 Å². The molecule has 0 unspecified atom stereocenters. The highest BCUT2D eigenvalue weighted by Gasteiger charge is 2.27. The van der Waals surface area contributed by atoms with E-state index in [1.807, 2.05) is 0 Å². The highest BCUT2D eigenvalue weighted by Crippen LogP contribution is 2.29. The van der Waals surface area contributed by atoms with Crippen LogP contribution in [-0.4, -0.2) is 25.3 Å². The van der Waals surface area contributed by atoms with E-state index in [4.69, 9.17) is 4.74 Å². The highest BCUT2D eigenvalue weighted by molar-refractivity contribution is 4.82. The van der Waals surface area contributed by atoms with E-state index in [1.165, 1.54) is 25.7 Å². The van der Waals surface area contributed by atoms with E-state index >= 15 is 0 Å². The van der Waals surface area contributed by atoms with Gasteiger partial charge in [-0.2, -0.15) is 0 Å². The normalized spacial score (nSPS) is 35.8. The van der Waals surface area contributed by atoms with Crippen LogP contribution in [0.1, 0.15) is 32.6 Å². The van der Waals surface area contributed by atoms with Gasteiger partial charge in [0, 0.05) is 19.2 Å². The van der Waals surface area contributed by atoms with Gasteiger partial charge in [0.2, 0.25) is 0 Å². The molecule has 1 aliphatic heterocycles. The van der Waals surface area contributed by atoms with Crippen LogP contribution in [0.15, 0.2) is 0 Å². The second-order valence-electron chi connectivity index (χ2n) is 4.15. The number of nitrogens with one attached hydrogen (secondary N) is 1. The summed E-state index contributed by atoms with van der Waals surface area (Å²) in [6.45, 7) is 4.33. The second kappa shape index (κ2) is 3.75. The molecule has 0 aromatic carbocycles. The van der Waals surface area contributed by atoms with Gasteiger partial charge in [0.25, 0.3) is 0 Å². The summed E-state index contributed by atoms with van der Waals surface area (Å²) in [5.74, 6) is 0.908. The topological polar surface area (TPSA) is 21.3 Å². The van der Waals surface area contributed by atoms with Gasteiger partial charge in [-0.05, 0) is 31.6 Å². The maximum atomic E-state index is 5.80. The average molecular weight is 169 g/mol. The van der Waals surface area contributed by atoms with Crippen molar-refractivity contribution in [1.29, 1.82) is 0 Å². The van der Waals surface area contributed by atoms with Crippen molar-refractivity contribution in [2.75, 3.05) is 13.2 Å². The molecule has 0 bridgehead atoms. The summed E-state index contributed by atoms with van der Waals surface area (Å²) < 4.78 is 5.80. The summed E-state index contributed by atoms with van der Waals surface area (Å²) in [5.41, 5.74) is 0. The molecular weight excluding hydrogens is 150 g/mol. The fraction of sp³-hybridized carbons (Fsp3) is 1.00. The van der Waals surface area contributed by atoms with Gasteiger partial charge in [-0.1, -0.05) is 6.92 Å². The van der Waals surface area contributed by atoms with Gasteiger partial charge in [0.1, 0.15) is 0 Å². The van der Waals surface area contributed by atoms with Crippen molar-refractivity contribution in [2.24, 2.45) is 5.92 Å². The largest absolute Gasteiger partial charge is 0.377 e. The zero-order valence-corrected chi connectivity index (χ0v) is 7.88.